The van der Waals surface area contributed by atoms with Crippen molar-refractivity contribution in [2.24, 2.45) is 0 Å². The molecule has 2 aromatic heterocycles. The molecule has 3 N–H and O–H groups in total. The lowest BCUT2D eigenvalue weighted by Gasteiger charge is -2.23. The van der Waals surface area contributed by atoms with E-state index in [-0.39, 0.29) is 38.8 Å². The summed E-state index contributed by atoms with van der Waals surface area (Å²) in [6.07, 6.45) is 5.33. The van der Waals surface area contributed by atoms with Crippen molar-refractivity contribution in [1.82, 2.24) is 20.3 Å². The molecule has 0 bridgehead atoms. The number of ether oxygens (including phenoxy) is 1. The van der Waals surface area contributed by atoms with Crippen molar-refractivity contribution < 1.29 is 17.5 Å². The van der Waals surface area contributed by atoms with Gasteiger partial charge in [0.25, 0.3) is 10.0 Å². The van der Waals surface area contributed by atoms with Crippen molar-refractivity contribution in [1.29, 1.82) is 0 Å². The first-order valence-electron chi connectivity index (χ1n) is 13.7. The molecule has 9 nitrogen and oxygen atoms in total. The van der Waals surface area contributed by atoms with Crippen LogP contribution in [0.4, 0.5) is 16.0 Å². The van der Waals surface area contributed by atoms with E-state index in [0.717, 1.165) is 25.9 Å². The number of nitrogens with one attached hydrogen (secondary N) is 3. The monoisotopic (exact) mass is 618 g/mol. The largest absolute Gasteiger partial charge is 0.437 e. The predicted molar refractivity (Wildman–Crippen MR) is 166 cm³/mol. The third kappa shape index (κ3) is 5.96. The number of nitrogens with zero attached hydrogens (tertiary/aromatic N) is 3. The molecule has 12 heteroatoms. The Bertz CT molecular complexity index is 1920. The maximum absolute atomic E-state index is 16.0. The highest BCUT2D eigenvalue weighted by atomic mass is 35.5. The molecule has 0 aliphatic carbocycles. The molecule has 1 aliphatic rings. The molecule has 220 valence electrons. The molecular formula is C31H28ClFN6O3S. The fourth-order valence-corrected chi connectivity index (χ4v) is 6.69. The molecule has 1 fully saturated rings. The second kappa shape index (κ2) is 12.1. The molecule has 0 amide bonds. The maximum atomic E-state index is 16.0. The van der Waals surface area contributed by atoms with Gasteiger partial charge in [0.2, 0.25) is 11.8 Å². The first-order valence-corrected chi connectivity index (χ1v) is 15.6. The number of pyridine rings is 1. The van der Waals surface area contributed by atoms with Crippen LogP contribution < -0.4 is 20.1 Å². The number of piperidine rings is 1. The minimum Gasteiger partial charge on any atom is -0.437 e. The Morgan fingerprint density at radius 3 is 2.58 bits per heavy atom. The number of anilines is 2. The van der Waals surface area contributed by atoms with E-state index < -0.39 is 15.8 Å². The number of rotatable bonds is 8. The molecule has 6 rings (SSSR count). The summed E-state index contributed by atoms with van der Waals surface area (Å²) in [6.45, 7) is 3.35. The van der Waals surface area contributed by atoms with Crippen LogP contribution in [-0.2, 0) is 10.0 Å². The lowest BCUT2D eigenvalue weighted by atomic mass is 10.0. The number of hydrogen-bond acceptors (Lipinski definition) is 8. The Labute approximate surface area is 253 Å². The Balaban J connectivity index is 1.38. The zero-order chi connectivity index (χ0) is 30.0. The highest BCUT2D eigenvalue weighted by Crippen LogP contribution is 2.42. The van der Waals surface area contributed by atoms with Crippen molar-refractivity contribution in [3.8, 4) is 22.9 Å². The van der Waals surface area contributed by atoms with Crippen LogP contribution in [0.2, 0.25) is 5.02 Å². The third-order valence-electron chi connectivity index (χ3n) is 7.22. The third-order valence-corrected chi connectivity index (χ3v) is 9.07. The van der Waals surface area contributed by atoms with E-state index in [9.17, 15) is 8.42 Å². The number of halogens is 2. The number of fused-ring (bicyclic) bond motifs is 1. The lowest BCUT2D eigenvalue weighted by Crippen LogP contribution is -2.38. The summed E-state index contributed by atoms with van der Waals surface area (Å²) in [6, 6.07) is 18.4. The standard InChI is InChI=1S/C31H28ClFN6O3S/c1-19-27(33)28(39-43(40,41)26-13-5-4-12-24(26)32)21-9-2-3-10-22(21)29(19)42-30-23(11-7-16-35-30)25-14-17-36-31(38-25)37-20-8-6-15-34-18-20/h2-5,7,9-14,16-17,20,34,39H,6,8,15,18H2,1H3,(H,36,37,38)/t20-/m0/s1. The second-order valence-corrected chi connectivity index (χ2v) is 12.2. The Morgan fingerprint density at radius 1 is 1.00 bits per heavy atom. The van der Waals surface area contributed by atoms with Crippen molar-refractivity contribution in [2.45, 2.75) is 30.7 Å². The van der Waals surface area contributed by atoms with Crippen LogP contribution in [-0.4, -0.2) is 42.5 Å². The highest BCUT2D eigenvalue weighted by molar-refractivity contribution is 7.92. The molecule has 0 radical (unpaired) electrons. The second-order valence-electron chi connectivity index (χ2n) is 10.1. The van der Waals surface area contributed by atoms with E-state index in [2.05, 4.69) is 25.3 Å². The van der Waals surface area contributed by atoms with Gasteiger partial charge in [-0.1, -0.05) is 48.0 Å². The van der Waals surface area contributed by atoms with Crippen LogP contribution in [0, 0.1) is 12.7 Å². The molecule has 0 unspecified atom stereocenters. The predicted octanol–water partition coefficient (Wildman–Crippen LogP) is 6.55. The van der Waals surface area contributed by atoms with Gasteiger partial charge in [-0.25, -0.2) is 27.8 Å². The molecule has 0 saturated carbocycles. The van der Waals surface area contributed by atoms with E-state index in [1.807, 2.05) is 6.07 Å². The summed E-state index contributed by atoms with van der Waals surface area (Å²) in [5.74, 6) is 0.123. The number of sulfonamides is 1. The van der Waals surface area contributed by atoms with Gasteiger partial charge in [0.05, 0.1) is 22.0 Å². The van der Waals surface area contributed by atoms with E-state index in [0.29, 0.717) is 28.0 Å². The zero-order valence-electron chi connectivity index (χ0n) is 23.1. The molecule has 1 saturated heterocycles. The molecule has 5 aromatic rings. The molecular weight excluding hydrogens is 591 g/mol. The van der Waals surface area contributed by atoms with Crippen molar-refractivity contribution in [2.75, 3.05) is 23.1 Å². The van der Waals surface area contributed by atoms with Crippen molar-refractivity contribution >= 4 is 44.0 Å². The van der Waals surface area contributed by atoms with Crippen molar-refractivity contribution in [3.63, 3.8) is 0 Å². The summed E-state index contributed by atoms with van der Waals surface area (Å²) >= 11 is 6.15. The summed E-state index contributed by atoms with van der Waals surface area (Å²) < 4.78 is 51.3. The van der Waals surface area contributed by atoms with E-state index in [4.69, 9.17) is 21.3 Å². The smallest absolute Gasteiger partial charge is 0.263 e. The number of benzene rings is 3. The van der Waals surface area contributed by atoms with Gasteiger partial charge in [-0.15, -0.1) is 0 Å². The highest BCUT2D eigenvalue weighted by Gasteiger charge is 2.25. The summed E-state index contributed by atoms with van der Waals surface area (Å²) in [4.78, 5) is 13.4. The topological polar surface area (TPSA) is 118 Å². The SMILES string of the molecule is Cc1c(F)c(NS(=O)(=O)c2ccccc2Cl)c2ccccc2c1Oc1ncccc1-c1ccnc(N[C@H]2CCCNC2)n1. The minimum absolute atomic E-state index is 0.0255. The summed E-state index contributed by atoms with van der Waals surface area (Å²) in [7, 11) is -4.20. The molecule has 0 spiro atoms. The van der Waals surface area contributed by atoms with E-state index >= 15 is 4.39 Å². The van der Waals surface area contributed by atoms with Crippen LogP contribution >= 0.6 is 11.6 Å². The quantitative estimate of drug-likeness (QED) is 0.179. The van der Waals surface area contributed by atoms with Gasteiger partial charge in [-0.3, -0.25) is 4.72 Å². The average molecular weight is 619 g/mol. The van der Waals surface area contributed by atoms with Gasteiger partial charge in [0.1, 0.15) is 10.6 Å². The van der Waals surface area contributed by atoms with Gasteiger partial charge in [-0.05, 0) is 56.6 Å². The van der Waals surface area contributed by atoms with E-state index in [1.165, 1.54) is 19.1 Å². The van der Waals surface area contributed by atoms with Gasteiger partial charge in [0, 0.05) is 41.3 Å². The molecule has 3 aromatic carbocycles. The lowest BCUT2D eigenvalue weighted by molar-refractivity contribution is 0.461. The Hall–Kier alpha value is -4.32. The van der Waals surface area contributed by atoms with Crippen LogP contribution in [0.3, 0.4) is 0 Å². The zero-order valence-corrected chi connectivity index (χ0v) is 24.7. The van der Waals surface area contributed by atoms with Gasteiger partial charge in [-0.2, -0.15) is 0 Å². The number of hydrogen-bond donors (Lipinski definition) is 3. The maximum Gasteiger partial charge on any atom is 0.263 e. The average Bonchev–Trinajstić information content (AvgIpc) is 3.02. The first-order chi connectivity index (χ1) is 20.8. The summed E-state index contributed by atoms with van der Waals surface area (Å²) in [5.41, 5.74) is 1.06. The van der Waals surface area contributed by atoms with Crippen LogP contribution in [0.1, 0.15) is 18.4 Å². The van der Waals surface area contributed by atoms with Crippen molar-refractivity contribution in [3.05, 3.63) is 95.5 Å². The fourth-order valence-electron chi connectivity index (χ4n) is 5.09. The van der Waals surface area contributed by atoms with Crippen LogP contribution in [0.15, 0.2) is 84.0 Å². The normalized spacial score (nSPS) is 15.3. The molecule has 43 heavy (non-hydrogen) atoms. The van der Waals surface area contributed by atoms with Crippen LogP contribution in [0.25, 0.3) is 22.0 Å². The molecule has 3 heterocycles. The van der Waals surface area contributed by atoms with Gasteiger partial charge >= 0.3 is 0 Å². The first kappa shape index (κ1) is 28.8. The summed E-state index contributed by atoms with van der Waals surface area (Å²) in [5, 5.41) is 7.57. The Morgan fingerprint density at radius 2 is 1.79 bits per heavy atom. The molecule has 1 aliphatic heterocycles. The Kier molecular flexibility index (Phi) is 8.11. The van der Waals surface area contributed by atoms with E-state index in [1.54, 1.807) is 60.9 Å². The van der Waals surface area contributed by atoms with Crippen LogP contribution in [0.5, 0.6) is 11.6 Å². The van der Waals surface area contributed by atoms with Gasteiger partial charge < -0.3 is 15.4 Å². The minimum atomic E-state index is -4.20. The van der Waals surface area contributed by atoms with Gasteiger partial charge in [0.15, 0.2) is 5.82 Å². The molecule has 1 atom stereocenters. The fraction of sp³-hybridized carbons (Fsp3) is 0.194. The number of aromatic nitrogens is 3.